The van der Waals surface area contributed by atoms with E-state index in [1.807, 2.05) is 24.4 Å². The van der Waals surface area contributed by atoms with E-state index in [1.165, 1.54) is 6.42 Å². The molecule has 1 aliphatic rings. The van der Waals surface area contributed by atoms with Crippen molar-refractivity contribution in [2.75, 3.05) is 26.7 Å². The van der Waals surface area contributed by atoms with Gasteiger partial charge in [-0.3, -0.25) is 4.79 Å². The summed E-state index contributed by atoms with van der Waals surface area (Å²) in [6, 6.07) is 6.04. The third-order valence-electron chi connectivity index (χ3n) is 5.21. The normalized spacial score (nSPS) is 22.3. The Morgan fingerprint density at radius 2 is 2.08 bits per heavy atom. The number of fused-ring (bicyclic) bond motifs is 1. The van der Waals surface area contributed by atoms with Gasteiger partial charge in [-0.1, -0.05) is 13.8 Å². The van der Waals surface area contributed by atoms with Crippen molar-refractivity contribution in [3.05, 3.63) is 30.0 Å². The summed E-state index contributed by atoms with van der Waals surface area (Å²) in [5.74, 6) is 2.35. The van der Waals surface area contributed by atoms with Gasteiger partial charge in [0.15, 0.2) is 0 Å². The van der Waals surface area contributed by atoms with Crippen LogP contribution in [0.4, 0.5) is 0 Å². The number of amides is 1. The Labute approximate surface area is 156 Å². The summed E-state index contributed by atoms with van der Waals surface area (Å²) in [5, 5.41) is 4.21. The number of aromatic amines is 1. The second kappa shape index (κ2) is 8.12. The quantitative estimate of drug-likeness (QED) is 0.835. The van der Waals surface area contributed by atoms with Crippen LogP contribution in [-0.2, 0) is 11.2 Å². The van der Waals surface area contributed by atoms with Crippen molar-refractivity contribution in [2.24, 2.45) is 11.8 Å². The molecule has 3 atom stereocenters. The number of methoxy groups -OCH3 is 1. The number of rotatable bonds is 6. The molecule has 0 bridgehead atoms. The van der Waals surface area contributed by atoms with Crippen molar-refractivity contribution in [3.63, 3.8) is 0 Å². The van der Waals surface area contributed by atoms with Gasteiger partial charge in [-0.15, -0.1) is 0 Å². The zero-order valence-electron chi connectivity index (χ0n) is 16.3. The fourth-order valence-corrected chi connectivity index (χ4v) is 4.30. The van der Waals surface area contributed by atoms with Crippen molar-refractivity contribution in [3.8, 4) is 5.75 Å². The lowest BCUT2D eigenvalue weighted by atomic mass is 9.92. The van der Waals surface area contributed by atoms with E-state index in [4.69, 9.17) is 4.74 Å². The Morgan fingerprint density at radius 3 is 2.77 bits per heavy atom. The first-order valence-electron chi connectivity index (χ1n) is 9.60. The van der Waals surface area contributed by atoms with Crippen LogP contribution in [0.5, 0.6) is 5.75 Å². The van der Waals surface area contributed by atoms with Gasteiger partial charge >= 0.3 is 0 Å². The van der Waals surface area contributed by atoms with Gasteiger partial charge in [-0.2, -0.15) is 0 Å². The average Bonchev–Trinajstić information content (AvgIpc) is 2.95. The highest BCUT2D eigenvalue weighted by molar-refractivity contribution is 5.89. The van der Waals surface area contributed by atoms with Crippen molar-refractivity contribution in [1.82, 2.24) is 15.2 Å². The molecule has 2 N–H and O–H groups in total. The number of hydrogen-bond donors (Lipinski definition) is 2. The molecule has 0 radical (unpaired) electrons. The predicted octanol–water partition coefficient (Wildman–Crippen LogP) is 3.20. The summed E-state index contributed by atoms with van der Waals surface area (Å²) >= 11 is 0. The molecule has 3 rings (SSSR count). The standard InChI is InChI=1S/C21H31N3O2/c1-14-7-15(2)12-24(11-14)13-16(3)23-21(25)8-17-10-22-20-6-5-18(26-4)9-19(17)20/h5-6,9-10,14-16,22H,7-8,11-13H2,1-4H3,(H,23,25). The van der Waals surface area contributed by atoms with Crippen LogP contribution in [0.3, 0.4) is 0 Å². The average molecular weight is 357 g/mol. The summed E-state index contributed by atoms with van der Waals surface area (Å²) in [5.41, 5.74) is 2.03. The Bertz CT molecular complexity index is 745. The molecular weight excluding hydrogens is 326 g/mol. The molecule has 26 heavy (non-hydrogen) atoms. The third kappa shape index (κ3) is 4.58. The van der Waals surface area contributed by atoms with Crippen molar-refractivity contribution in [1.29, 1.82) is 0 Å². The summed E-state index contributed by atoms with van der Waals surface area (Å²) in [6.07, 6.45) is 3.61. The monoisotopic (exact) mass is 357 g/mol. The fraction of sp³-hybridized carbons (Fsp3) is 0.571. The van der Waals surface area contributed by atoms with E-state index in [1.54, 1.807) is 7.11 Å². The highest BCUT2D eigenvalue weighted by Gasteiger charge is 2.23. The maximum Gasteiger partial charge on any atom is 0.224 e. The SMILES string of the molecule is COc1ccc2[nH]cc(CC(=O)NC(C)CN3CC(C)CC(C)C3)c2c1. The van der Waals surface area contributed by atoms with Crippen LogP contribution in [0.2, 0.25) is 0 Å². The summed E-state index contributed by atoms with van der Waals surface area (Å²) in [4.78, 5) is 18.2. The Morgan fingerprint density at radius 1 is 1.35 bits per heavy atom. The fourth-order valence-electron chi connectivity index (χ4n) is 4.30. The first kappa shape index (κ1) is 18.8. The van der Waals surface area contributed by atoms with Gasteiger partial charge in [0, 0.05) is 42.8 Å². The molecule has 1 amide bonds. The Kier molecular flexibility index (Phi) is 5.87. The number of ether oxygens (including phenoxy) is 1. The first-order valence-corrected chi connectivity index (χ1v) is 9.60. The number of benzene rings is 1. The van der Waals surface area contributed by atoms with Crippen molar-refractivity contribution >= 4 is 16.8 Å². The minimum atomic E-state index is 0.0688. The largest absolute Gasteiger partial charge is 0.497 e. The van der Waals surface area contributed by atoms with E-state index in [2.05, 4.69) is 36.0 Å². The van der Waals surface area contributed by atoms with Gasteiger partial charge in [0.2, 0.25) is 5.91 Å². The summed E-state index contributed by atoms with van der Waals surface area (Å²) in [6.45, 7) is 9.91. The lowest BCUT2D eigenvalue weighted by Crippen LogP contribution is -2.47. The molecule has 5 heteroatoms. The maximum absolute atomic E-state index is 12.5. The number of likely N-dealkylation sites (tertiary alicyclic amines) is 1. The zero-order chi connectivity index (χ0) is 18.7. The molecule has 1 aromatic carbocycles. The molecule has 2 aromatic rings. The van der Waals surface area contributed by atoms with E-state index in [0.717, 1.165) is 53.7 Å². The lowest BCUT2D eigenvalue weighted by Gasteiger charge is -2.36. The molecule has 1 aliphatic heterocycles. The van der Waals surface area contributed by atoms with Crippen molar-refractivity contribution < 1.29 is 9.53 Å². The number of nitrogens with zero attached hydrogens (tertiary/aromatic N) is 1. The van der Waals surface area contributed by atoms with E-state index in [-0.39, 0.29) is 11.9 Å². The van der Waals surface area contributed by atoms with E-state index in [9.17, 15) is 4.79 Å². The number of hydrogen-bond acceptors (Lipinski definition) is 3. The van der Waals surface area contributed by atoms with Gasteiger partial charge in [0.1, 0.15) is 5.75 Å². The van der Waals surface area contributed by atoms with E-state index in [0.29, 0.717) is 6.42 Å². The van der Waals surface area contributed by atoms with Crippen LogP contribution >= 0.6 is 0 Å². The second-order valence-corrected chi connectivity index (χ2v) is 8.04. The number of carbonyl (C=O) groups excluding carboxylic acids is 1. The smallest absolute Gasteiger partial charge is 0.224 e. The van der Waals surface area contributed by atoms with Crippen molar-refractivity contribution in [2.45, 2.75) is 39.7 Å². The Balaban J connectivity index is 1.57. The minimum absolute atomic E-state index is 0.0688. The lowest BCUT2D eigenvalue weighted by molar-refractivity contribution is -0.121. The van der Waals surface area contributed by atoms with Crippen LogP contribution in [-0.4, -0.2) is 48.6 Å². The molecule has 3 unspecified atom stereocenters. The molecule has 5 nitrogen and oxygen atoms in total. The molecule has 1 saturated heterocycles. The number of nitrogens with one attached hydrogen (secondary N) is 2. The molecule has 0 aliphatic carbocycles. The highest BCUT2D eigenvalue weighted by atomic mass is 16.5. The number of carbonyl (C=O) groups is 1. The van der Waals surface area contributed by atoms with Crippen LogP contribution < -0.4 is 10.1 Å². The predicted molar refractivity (Wildman–Crippen MR) is 106 cm³/mol. The van der Waals surface area contributed by atoms with E-state index < -0.39 is 0 Å². The molecule has 0 spiro atoms. The van der Waals surface area contributed by atoms with Crippen LogP contribution in [0, 0.1) is 11.8 Å². The minimum Gasteiger partial charge on any atom is -0.497 e. The van der Waals surface area contributed by atoms with Crippen LogP contribution in [0.15, 0.2) is 24.4 Å². The molecule has 1 aromatic heterocycles. The molecule has 142 valence electrons. The number of aromatic nitrogens is 1. The van der Waals surface area contributed by atoms with Gasteiger partial charge in [-0.05, 0) is 48.9 Å². The Hall–Kier alpha value is -2.01. The second-order valence-electron chi connectivity index (χ2n) is 8.04. The zero-order valence-corrected chi connectivity index (χ0v) is 16.3. The van der Waals surface area contributed by atoms with Crippen LogP contribution in [0.25, 0.3) is 10.9 Å². The van der Waals surface area contributed by atoms with Crippen LogP contribution in [0.1, 0.15) is 32.8 Å². The third-order valence-corrected chi connectivity index (χ3v) is 5.21. The summed E-state index contributed by atoms with van der Waals surface area (Å²) in [7, 11) is 1.66. The number of H-pyrrole nitrogens is 1. The highest BCUT2D eigenvalue weighted by Crippen LogP contribution is 2.24. The molecule has 0 saturated carbocycles. The summed E-state index contributed by atoms with van der Waals surface area (Å²) < 4.78 is 5.30. The van der Waals surface area contributed by atoms with Gasteiger partial charge < -0.3 is 19.9 Å². The topological polar surface area (TPSA) is 57.4 Å². The number of piperidine rings is 1. The molecule has 1 fully saturated rings. The van der Waals surface area contributed by atoms with Gasteiger partial charge in [-0.25, -0.2) is 0 Å². The maximum atomic E-state index is 12.5. The van der Waals surface area contributed by atoms with Gasteiger partial charge in [0.05, 0.1) is 13.5 Å². The van der Waals surface area contributed by atoms with E-state index >= 15 is 0 Å². The molecule has 2 heterocycles. The van der Waals surface area contributed by atoms with Gasteiger partial charge in [0.25, 0.3) is 0 Å². The first-order chi connectivity index (χ1) is 12.4. The molecular formula is C21H31N3O2.